The first-order chi connectivity index (χ1) is 9.47. The molecule has 1 heterocycles. The minimum atomic E-state index is -0.583. The molecule has 20 heavy (non-hydrogen) atoms. The van der Waals surface area contributed by atoms with Crippen molar-refractivity contribution in [3.8, 4) is 0 Å². The van der Waals surface area contributed by atoms with Gasteiger partial charge in [-0.15, -0.1) is 0 Å². The highest BCUT2D eigenvalue weighted by molar-refractivity contribution is 6.31. The molecule has 0 spiro atoms. The van der Waals surface area contributed by atoms with Crippen molar-refractivity contribution < 1.29 is 18.7 Å². The summed E-state index contributed by atoms with van der Waals surface area (Å²) in [7, 11) is 0. The normalized spacial score (nSPS) is 18.9. The molecule has 108 valence electrons. The summed E-state index contributed by atoms with van der Waals surface area (Å²) < 4.78 is 18.6. The summed E-state index contributed by atoms with van der Waals surface area (Å²) in [4.78, 5) is 24.9. The van der Waals surface area contributed by atoms with Gasteiger partial charge in [-0.2, -0.15) is 0 Å². The number of nitrogens with two attached hydrogens (primary N) is 1. The highest BCUT2D eigenvalue weighted by Crippen LogP contribution is 2.19. The molecule has 0 saturated carbocycles. The van der Waals surface area contributed by atoms with Gasteiger partial charge in [0.2, 0.25) is 5.91 Å². The van der Waals surface area contributed by atoms with Crippen LogP contribution >= 0.6 is 11.6 Å². The van der Waals surface area contributed by atoms with E-state index >= 15 is 0 Å². The van der Waals surface area contributed by atoms with Gasteiger partial charge in [0, 0.05) is 23.6 Å². The van der Waals surface area contributed by atoms with E-state index in [9.17, 15) is 14.0 Å². The second kappa shape index (κ2) is 6.19. The number of nitrogens with zero attached hydrogens (tertiary/aromatic N) is 1. The van der Waals surface area contributed by atoms with Crippen molar-refractivity contribution in [1.82, 2.24) is 4.90 Å². The van der Waals surface area contributed by atoms with Gasteiger partial charge in [-0.3, -0.25) is 9.59 Å². The molecule has 0 aromatic heterocycles. The molecule has 1 aliphatic rings. The molecule has 1 unspecified atom stereocenters. The van der Waals surface area contributed by atoms with Gasteiger partial charge in [-0.1, -0.05) is 11.6 Å². The standard InChI is InChI=1S/C13H14ClFN2O3/c14-9-3-8(4-10(15)5-9)13(19)17-1-2-20-7-11(17)6-12(16)18/h3-5,11H,1-2,6-7H2,(H2,16,18). The molecule has 0 radical (unpaired) electrons. The Labute approximate surface area is 120 Å². The molecule has 1 fully saturated rings. The molecule has 0 bridgehead atoms. The Bertz CT molecular complexity index is 518. The molecule has 1 aromatic carbocycles. The quantitative estimate of drug-likeness (QED) is 0.911. The summed E-state index contributed by atoms with van der Waals surface area (Å²) in [6.45, 7) is 0.923. The molecular weight excluding hydrogens is 287 g/mol. The second-order valence-electron chi connectivity index (χ2n) is 4.56. The lowest BCUT2D eigenvalue weighted by Gasteiger charge is -2.35. The zero-order valence-corrected chi connectivity index (χ0v) is 11.4. The first kappa shape index (κ1) is 14.7. The lowest BCUT2D eigenvalue weighted by atomic mass is 10.1. The van der Waals surface area contributed by atoms with Gasteiger partial charge in [0.05, 0.1) is 19.3 Å². The van der Waals surface area contributed by atoms with Crippen molar-refractivity contribution in [2.75, 3.05) is 19.8 Å². The smallest absolute Gasteiger partial charge is 0.254 e. The minimum Gasteiger partial charge on any atom is -0.377 e. The van der Waals surface area contributed by atoms with E-state index in [1.807, 2.05) is 0 Å². The molecule has 2 rings (SSSR count). The predicted octanol–water partition coefficient (Wildman–Crippen LogP) is 1.20. The number of morpholine rings is 1. The molecule has 1 atom stereocenters. The average molecular weight is 301 g/mol. The molecule has 2 amide bonds. The molecule has 1 aromatic rings. The van der Waals surface area contributed by atoms with E-state index in [0.717, 1.165) is 12.1 Å². The van der Waals surface area contributed by atoms with E-state index in [2.05, 4.69) is 0 Å². The number of halogens is 2. The topological polar surface area (TPSA) is 72.6 Å². The third-order valence-corrected chi connectivity index (χ3v) is 3.25. The van der Waals surface area contributed by atoms with Gasteiger partial charge in [-0.25, -0.2) is 4.39 Å². The molecular formula is C13H14ClFN2O3. The van der Waals surface area contributed by atoms with Crippen molar-refractivity contribution >= 4 is 23.4 Å². The van der Waals surface area contributed by atoms with Gasteiger partial charge in [0.15, 0.2) is 0 Å². The largest absolute Gasteiger partial charge is 0.377 e. The van der Waals surface area contributed by atoms with E-state index in [0.29, 0.717) is 13.2 Å². The molecule has 2 N–H and O–H groups in total. The van der Waals surface area contributed by atoms with Crippen molar-refractivity contribution in [2.45, 2.75) is 12.5 Å². The van der Waals surface area contributed by atoms with Crippen LogP contribution in [-0.4, -0.2) is 42.5 Å². The van der Waals surface area contributed by atoms with E-state index in [-0.39, 0.29) is 29.5 Å². The summed E-state index contributed by atoms with van der Waals surface area (Å²) in [5.74, 6) is -1.49. The number of primary amides is 1. The Morgan fingerprint density at radius 3 is 2.85 bits per heavy atom. The summed E-state index contributed by atoms with van der Waals surface area (Å²) in [6.07, 6.45) is 0.00872. The van der Waals surface area contributed by atoms with Crippen molar-refractivity contribution in [3.05, 3.63) is 34.6 Å². The van der Waals surface area contributed by atoms with Gasteiger partial charge in [-0.05, 0) is 18.2 Å². The van der Waals surface area contributed by atoms with E-state index in [4.69, 9.17) is 22.1 Å². The predicted molar refractivity (Wildman–Crippen MR) is 70.9 cm³/mol. The van der Waals surface area contributed by atoms with Crippen molar-refractivity contribution in [2.24, 2.45) is 5.73 Å². The number of benzene rings is 1. The lowest BCUT2D eigenvalue weighted by molar-refractivity contribution is -0.120. The fraction of sp³-hybridized carbons (Fsp3) is 0.385. The van der Waals surface area contributed by atoms with Crippen LogP contribution in [0.3, 0.4) is 0 Å². The minimum absolute atomic E-state index is 0.00872. The van der Waals surface area contributed by atoms with Gasteiger partial charge >= 0.3 is 0 Å². The van der Waals surface area contributed by atoms with Crippen LogP contribution < -0.4 is 5.73 Å². The van der Waals surface area contributed by atoms with Crippen LogP contribution in [0, 0.1) is 5.82 Å². The van der Waals surface area contributed by atoms with E-state index in [1.54, 1.807) is 0 Å². The zero-order valence-electron chi connectivity index (χ0n) is 10.6. The second-order valence-corrected chi connectivity index (χ2v) is 4.99. The summed E-state index contributed by atoms with van der Waals surface area (Å²) in [5, 5.41) is 0.146. The van der Waals surface area contributed by atoms with Gasteiger partial charge < -0.3 is 15.4 Å². The SMILES string of the molecule is NC(=O)CC1COCCN1C(=O)c1cc(F)cc(Cl)c1. The van der Waals surface area contributed by atoms with Crippen LogP contribution in [0.15, 0.2) is 18.2 Å². The van der Waals surface area contributed by atoms with Crippen LogP contribution in [0.1, 0.15) is 16.8 Å². The Balaban J connectivity index is 2.22. The van der Waals surface area contributed by atoms with Gasteiger partial charge in [0.1, 0.15) is 5.82 Å². The first-order valence-corrected chi connectivity index (χ1v) is 6.48. The average Bonchev–Trinajstić information content (AvgIpc) is 2.36. The number of carbonyl (C=O) groups excluding carboxylic acids is 2. The maximum absolute atomic E-state index is 13.3. The lowest BCUT2D eigenvalue weighted by Crippen LogP contribution is -2.50. The Hall–Kier alpha value is -1.66. The van der Waals surface area contributed by atoms with E-state index < -0.39 is 17.8 Å². The van der Waals surface area contributed by atoms with Crippen LogP contribution in [0.5, 0.6) is 0 Å². The first-order valence-electron chi connectivity index (χ1n) is 6.10. The van der Waals surface area contributed by atoms with Crippen LogP contribution in [0.2, 0.25) is 5.02 Å². The number of ether oxygens (including phenoxy) is 1. The molecule has 1 saturated heterocycles. The maximum atomic E-state index is 13.3. The molecule has 5 nitrogen and oxygen atoms in total. The maximum Gasteiger partial charge on any atom is 0.254 e. The van der Waals surface area contributed by atoms with Crippen LogP contribution in [0.25, 0.3) is 0 Å². The van der Waals surface area contributed by atoms with Crippen LogP contribution in [0.4, 0.5) is 4.39 Å². The fourth-order valence-electron chi connectivity index (χ4n) is 2.17. The van der Waals surface area contributed by atoms with Crippen molar-refractivity contribution in [1.29, 1.82) is 0 Å². The summed E-state index contributed by atoms with van der Waals surface area (Å²) in [5.41, 5.74) is 5.30. The number of rotatable bonds is 3. The third-order valence-electron chi connectivity index (χ3n) is 3.03. The number of hydrogen-bond donors (Lipinski definition) is 1. The third kappa shape index (κ3) is 3.46. The molecule has 0 aliphatic carbocycles. The fourth-order valence-corrected chi connectivity index (χ4v) is 2.39. The Morgan fingerprint density at radius 1 is 1.45 bits per heavy atom. The highest BCUT2D eigenvalue weighted by atomic mass is 35.5. The molecule has 7 heteroatoms. The number of hydrogen-bond acceptors (Lipinski definition) is 3. The monoisotopic (exact) mass is 300 g/mol. The van der Waals surface area contributed by atoms with Crippen LogP contribution in [-0.2, 0) is 9.53 Å². The van der Waals surface area contributed by atoms with Gasteiger partial charge in [0.25, 0.3) is 5.91 Å². The Kier molecular flexibility index (Phi) is 4.57. The summed E-state index contributed by atoms with van der Waals surface area (Å²) >= 11 is 5.74. The van der Waals surface area contributed by atoms with E-state index in [1.165, 1.54) is 11.0 Å². The van der Waals surface area contributed by atoms with Crippen molar-refractivity contribution in [3.63, 3.8) is 0 Å². The summed E-state index contributed by atoms with van der Waals surface area (Å²) in [6, 6.07) is 3.20. The Morgan fingerprint density at radius 2 is 2.20 bits per heavy atom. The number of carbonyl (C=O) groups is 2. The zero-order chi connectivity index (χ0) is 14.7. The highest BCUT2D eigenvalue weighted by Gasteiger charge is 2.29. The molecule has 1 aliphatic heterocycles. The number of amides is 2.